The van der Waals surface area contributed by atoms with Gasteiger partial charge in [0.15, 0.2) is 5.82 Å². The van der Waals surface area contributed by atoms with E-state index in [4.69, 9.17) is 4.74 Å². The molecule has 0 atom stereocenters. The molecule has 0 spiro atoms. The van der Waals surface area contributed by atoms with Gasteiger partial charge in [-0.1, -0.05) is 25.0 Å². The van der Waals surface area contributed by atoms with Crippen LogP contribution in [-0.2, 0) is 10.0 Å². The van der Waals surface area contributed by atoms with Gasteiger partial charge in [-0.15, -0.1) is 10.2 Å². The molecular formula is C23H26N4O3S. The number of ether oxygens (including phenoxy) is 1. The normalized spacial score (nSPS) is 14.7. The first-order valence-corrected chi connectivity index (χ1v) is 11.9. The Balaban J connectivity index is 1.45. The van der Waals surface area contributed by atoms with Crippen LogP contribution in [0.2, 0.25) is 0 Å². The largest absolute Gasteiger partial charge is 0.497 e. The van der Waals surface area contributed by atoms with Gasteiger partial charge in [0.2, 0.25) is 0 Å². The highest BCUT2D eigenvalue weighted by Gasteiger charge is 2.15. The molecular weight excluding hydrogens is 412 g/mol. The van der Waals surface area contributed by atoms with Crippen LogP contribution in [0.3, 0.4) is 0 Å². The third kappa shape index (κ3) is 5.14. The number of hydrogen-bond acceptors (Lipinski definition) is 6. The van der Waals surface area contributed by atoms with Gasteiger partial charge in [-0.25, -0.2) is 8.42 Å². The first kappa shape index (κ1) is 21.1. The van der Waals surface area contributed by atoms with Crippen molar-refractivity contribution >= 4 is 21.5 Å². The monoisotopic (exact) mass is 438 g/mol. The number of benzene rings is 2. The van der Waals surface area contributed by atoms with E-state index in [0.29, 0.717) is 11.4 Å². The van der Waals surface area contributed by atoms with Gasteiger partial charge in [0.25, 0.3) is 10.0 Å². The fourth-order valence-corrected chi connectivity index (χ4v) is 4.68. The number of anilines is 2. The SMILES string of the molecule is COc1ccc(S(=O)(=O)Nc2ccc(-c3ccc(N4CCCCCC4)nn3)cc2)cc1. The molecule has 31 heavy (non-hydrogen) atoms. The highest BCUT2D eigenvalue weighted by molar-refractivity contribution is 7.92. The summed E-state index contributed by atoms with van der Waals surface area (Å²) in [7, 11) is -2.14. The molecule has 0 aliphatic carbocycles. The highest BCUT2D eigenvalue weighted by atomic mass is 32.2. The molecule has 0 amide bonds. The smallest absolute Gasteiger partial charge is 0.261 e. The van der Waals surface area contributed by atoms with Crippen LogP contribution in [0.5, 0.6) is 5.75 Å². The van der Waals surface area contributed by atoms with Crippen molar-refractivity contribution < 1.29 is 13.2 Å². The van der Waals surface area contributed by atoms with Crippen molar-refractivity contribution in [3.05, 3.63) is 60.7 Å². The van der Waals surface area contributed by atoms with Gasteiger partial charge in [-0.05, 0) is 61.4 Å². The number of methoxy groups -OCH3 is 1. The minimum atomic E-state index is -3.68. The second kappa shape index (κ2) is 9.34. The lowest BCUT2D eigenvalue weighted by molar-refractivity contribution is 0.414. The molecule has 0 radical (unpaired) electrons. The van der Waals surface area contributed by atoms with Gasteiger partial charge >= 0.3 is 0 Å². The van der Waals surface area contributed by atoms with E-state index in [0.717, 1.165) is 30.2 Å². The Morgan fingerprint density at radius 1 is 0.839 bits per heavy atom. The van der Waals surface area contributed by atoms with Crippen LogP contribution >= 0.6 is 0 Å². The first-order chi connectivity index (χ1) is 15.0. The zero-order chi connectivity index (χ0) is 21.7. The van der Waals surface area contributed by atoms with E-state index in [-0.39, 0.29) is 4.90 Å². The van der Waals surface area contributed by atoms with Gasteiger partial charge < -0.3 is 9.64 Å². The quantitative estimate of drug-likeness (QED) is 0.617. The Morgan fingerprint density at radius 3 is 2.10 bits per heavy atom. The zero-order valence-corrected chi connectivity index (χ0v) is 18.3. The standard InChI is InChI=1S/C23H26N4O3S/c1-30-20-10-12-21(13-11-20)31(28,29)26-19-8-6-18(7-9-19)22-14-15-23(25-24-22)27-16-4-2-3-5-17-27/h6-15,26H,2-5,16-17H2,1H3. The molecule has 1 aromatic heterocycles. The molecule has 2 aromatic carbocycles. The molecule has 2 heterocycles. The average Bonchev–Trinajstić information content (AvgIpc) is 3.09. The topological polar surface area (TPSA) is 84.4 Å². The second-order valence-electron chi connectivity index (χ2n) is 7.54. The maximum Gasteiger partial charge on any atom is 0.261 e. The van der Waals surface area contributed by atoms with Crippen molar-refractivity contribution in [2.24, 2.45) is 0 Å². The van der Waals surface area contributed by atoms with E-state index in [1.807, 2.05) is 24.3 Å². The molecule has 8 heteroatoms. The molecule has 1 N–H and O–H groups in total. The van der Waals surface area contributed by atoms with Gasteiger partial charge in [-0.3, -0.25) is 4.72 Å². The minimum absolute atomic E-state index is 0.173. The zero-order valence-electron chi connectivity index (χ0n) is 17.5. The van der Waals surface area contributed by atoms with Gasteiger partial charge in [-0.2, -0.15) is 0 Å². The van der Waals surface area contributed by atoms with Gasteiger partial charge in [0, 0.05) is 24.3 Å². The molecule has 3 aromatic rings. The van der Waals surface area contributed by atoms with E-state index in [1.54, 1.807) is 24.3 Å². The first-order valence-electron chi connectivity index (χ1n) is 10.4. The second-order valence-corrected chi connectivity index (χ2v) is 9.22. The third-order valence-corrected chi connectivity index (χ3v) is 6.78. The van der Waals surface area contributed by atoms with Gasteiger partial charge in [0.05, 0.1) is 17.7 Å². The van der Waals surface area contributed by atoms with E-state index in [1.165, 1.54) is 44.9 Å². The lowest BCUT2D eigenvalue weighted by atomic mass is 10.1. The number of nitrogens with one attached hydrogen (secondary N) is 1. The summed E-state index contributed by atoms with van der Waals surface area (Å²) in [5.74, 6) is 1.51. The maximum absolute atomic E-state index is 12.6. The van der Waals surface area contributed by atoms with E-state index < -0.39 is 10.0 Å². The lowest BCUT2D eigenvalue weighted by Crippen LogP contribution is -2.25. The summed E-state index contributed by atoms with van der Waals surface area (Å²) in [4.78, 5) is 2.47. The molecule has 0 saturated carbocycles. The van der Waals surface area contributed by atoms with Crippen LogP contribution in [0.4, 0.5) is 11.5 Å². The van der Waals surface area contributed by atoms with Crippen molar-refractivity contribution in [3.8, 4) is 17.0 Å². The summed E-state index contributed by atoms with van der Waals surface area (Å²) in [6.45, 7) is 2.05. The summed E-state index contributed by atoms with van der Waals surface area (Å²) in [5.41, 5.74) is 2.11. The summed E-state index contributed by atoms with van der Waals surface area (Å²) in [6.07, 6.45) is 4.93. The summed E-state index contributed by atoms with van der Waals surface area (Å²) in [6, 6.07) is 17.3. The molecule has 4 rings (SSSR count). The molecule has 1 fully saturated rings. The predicted molar refractivity (Wildman–Crippen MR) is 122 cm³/mol. The average molecular weight is 439 g/mol. The summed E-state index contributed by atoms with van der Waals surface area (Å²) in [5, 5.41) is 8.79. The Kier molecular flexibility index (Phi) is 6.36. The Morgan fingerprint density at radius 2 is 1.52 bits per heavy atom. The summed E-state index contributed by atoms with van der Waals surface area (Å²) >= 11 is 0. The van der Waals surface area contributed by atoms with Crippen molar-refractivity contribution in [2.45, 2.75) is 30.6 Å². The highest BCUT2D eigenvalue weighted by Crippen LogP contribution is 2.24. The van der Waals surface area contributed by atoms with E-state index in [9.17, 15) is 8.42 Å². The molecule has 0 unspecified atom stereocenters. The molecule has 1 aliphatic heterocycles. The Hall–Kier alpha value is -3.13. The number of hydrogen-bond donors (Lipinski definition) is 1. The van der Waals surface area contributed by atoms with Crippen molar-refractivity contribution in [2.75, 3.05) is 29.8 Å². The maximum atomic E-state index is 12.6. The number of rotatable bonds is 6. The molecule has 7 nitrogen and oxygen atoms in total. The van der Waals surface area contributed by atoms with Crippen LogP contribution in [0.15, 0.2) is 65.6 Å². The Labute approximate surface area is 183 Å². The van der Waals surface area contributed by atoms with Crippen LogP contribution < -0.4 is 14.4 Å². The van der Waals surface area contributed by atoms with Crippen LogP contribution in [0, 0.1) is 0 Å². The number of nitrogens with zero attached hydrogens (tertiary/aromatic N) is 3. The molecule has 162 valence electrons. The fraction of sp³-hybridized carbons (Fsp3) is 0.304. The molecule has 1 saturated heterocycles. The predicted octanol–water partition coefficient (Wildman–Crippen LogP) is 4.33. The van der Waals surface area contributed by atoms with Crippen LogP contribution in [0.1, 0.15) is 25.7 Å². The lowest BCUT2D eigenvalue weighted by Gasteiger charge is -2.20. The number of sulfonamides is 1. The van der Waals surface area contributed by atoms with Crippen LogP contribution in [-0.4, -0.2) is 38.8 Å². The molecule has 0 bridgehead atoms. The van der Waals surface area contributed by atoms with E-state index >= 15 is 0 Å². The van der Waals surface area contributed by atoms with Gasteiger partial charge in [0.1, 0.15) is 5.75 Å². The Bertz CT molecular complexity index is 1090. The van der Waals surface area contributed by atoms with Crippen molar-refractivity contribution in [1.29, 1.82) is 0 Å². The summed E-state index contributed by atoms with van der Waals surface area (Å²) < 4.78 is 32.8. The third-order valence-electron chi connectivity index (χ3n) is 5.38. The molecule has 1 aliphatic rings. The van der Waals surface area contributed by atoms with E-state index in [2.05, 4.69) is 19.8 Å². The van der Waals surface area contributed by atoms with Crippen LogP contribution in [0.25, 0.3) is 11.3 Å². The number of aromatic nitrogens is 2. The van der Waals surface area contributed by atoms with Crippen molar-refractivity contribution in [3.63, 3.8) is 0 Å². The minimum Gasteiger partial charge on any atom is -0.497 e. The van der Waals surface area contributed by atoms with Crippen molar-refractivity contribution in [1.82, 2.24) is 10.2 Å². The fourth-order valence-electron chi connectivity index (χ4n) is 3.63.